The first-order chi connectivity index (χ1) is 7.43. The first-order valence-electron chi connectivity index (χ1n) is 4.89. The monoisotopic (exact) mass is 286 g/mol. The van der Waals surface area contributed by atoms with Crippen LogP contribution in [-0.2, 0) is 11.3 Å². The summed E-state index contributed by atoms with van der Waals surface area (Å²) in [7, 11) is 1.56. The van der Waals surface area contributed by atoms with E-state index in [1.165, 1.54) is 0 Å². The number of alkyl halides is 1. The van der Waals surface area contributed by atoms with Crippen LogP contribution >= 0.6 is 15.9 Å². The Balaban J connectivity index is 2.58. The summed E-state index contributed by atoms with van der Waals surface area (Å²) >= 11 is 3.30. The molecule has 88 valence electrons. The molecule has 0 aliphatic carbocycles. The number of aromatic nitrogens is 1. The van der Waals surface area contributed by atoms with Gasteiger partial charge in [-0.1, -0.05) is 15.9 Å². The Morgan fingerprint density at radius 1 is 1.62 bits per heavy atom. The highest BCUT2D eigenvalue weighted by Crippen LogP contribution is 2.16. The topological polar surface area (TPSA) is 51.2 Å². The summed E-state index contributed by atoms with van der Waals surface area (Å²) < 4.78 is 4.44. The van der Waals surface area contributed by atoms with Gasteiger partial charge in [0.15, 0.2) is 0 Å². The maximum atomic E-state index is 11.6. The second-order valence-electron chi connectivity index (χ2n) is 3.86. The van der Waals surface area contributed by atoms with Gasteiger partial charge in [-0.25, -0.2) is 4.98 Å². The highest BCUT2D eigenvalue weighted by atomic mass is 79.9. The van der Waals surface area contributed by atoms with E-state index in [0.29, 0.717) is 12.4 Å². The SMILES string of the molecule is COc1cc(CNC(=O)C(C)(C)Br)ccn1. The van der Waals surface area contributed by atoms with Crippen molar-refractivity contribution in [3.8, 4) is 5.88 Å². The fourth-order valence-corrected chi connectivity index (χ4v) is 1.20. The molecule has 0 aromatic carbocycles. The Morgan fingerprint density at radius 2 is 2.31 bits per heavy atom. The summed E-state index contributed by atoms with van der Waals surface area (Å²) in [4.78, 5) is 15.6. The van der Waals surface area contributed by atoms with Crippen molar-refractivity contribution in [2.75, 3.05) is 7.11 Å². The van der Waals surface area contributed by atoms with Crippen LogP contribution in [0.3, 0.4) is 0 Å². The van der Waals surface area contributed by atoms with Crippen LogP contribution in [0.4, 0.5) is 0 Å². The molecule has 1 amide bonds. The van der Waals surface area contributed by atoms with Gasteiger partial charge in [0.1, 0.15) is 0 Å². The molecule has 0 saturated heterocycles. The summed E-state index contributed by atoms with van der Waals surface area (Å²) in [6.07, 6.45) is 1.65. The molecule has 0 aliphatic heterocycles. The van der Waals surface area contributed by atoms with E-state index < -0.39 is 4.32 Å². The van der Waals surface area contributed by atoms with Crippen LogP contribution in [-0.4, -0.2) is 22.3 Å². The molecule has 4 nitrogen and oxygen atoms in total. The smallest absolute Gasteiger partial charge is 0.236 e. The molecule has 0 saturated carbocycles. The minimum Gasteiger partial charge on any atom is -0.481 e. The van der Waals surface area contributed by atoms with E-state index in [1.807, 2.05) is 6.07 Å². The molecule has 5 heteroatoms. The van der Waals surface area contributed by atoms with Crippen LogP contribution in [0, 0.1) is 0 Å². The number of methoxy groups -OCH3 is 1. The molecule has 1 aromatic heterocycles. The summed E-state index contributed by atoms with van der Waals surface area (Å²) in [6.45, 7) is 4.07. The lowest BCUT2D eigenvalue weighted by molar-refractivity contribution is -0.122. The predicted octanol–water partition coefficient (Wildman–Crippen LogP) is 1.88. The van der Waals surface area contributed by atoms with Gasteiger partial charge in [0.25, 0.3) is 0 Å². The van der Waals surface area contributed by atoms with Gasteiger partial charge >= 0.3 is 0 Å². The van der Waals surface area contributed by atoms with Crippen molar-refractivity contribution in [1.29, 1.82) is 0 Å². The van der Waals surface area contributed by atoms with E-state index in [-0.39, 0.29) is 5.91 Å². The zero-order valence-electron chi connectivity index (χ0n) is 9.58. The van der Waals surface area contributed by atoms with Crippen LogP contribution in [0.15, 0.2) is 18.3 Å². The Hall–Kier alpha value is -1.10. The Labute approximate surface area is 104 Å². The fraction of sp³-hybridized carbons (Fsp3) is 0.455. The lowest BCUT2D eigenvalue weighted by atomic mass is 10.2. The fourth-order valence-electron chi connectivity index (χ4n) is 1.06. The number of hydrogen-bond acceptors (Lipinski definition) is 3. The molecule has 0 unspecified atom stereocenters. The number of carbonyl (C=O) groups excluding carboxylic acids is 1. The van der Waals surface area contributed by atoms with E-state index in [1.54, 1.807) is 33.2 Å². The van der Waals surface area contributed by atoms with Gasteiger partial charge in [-0.2, -0.15) is 0 Å². The minimum atomic E-state index is -0.551. The normalized spacial score (nSPS) is 11.0. The highest BCUT2D eigenvalue weighted by molar-refractivity contribution is 9.10. The first-order valence-corrected chi connectivity index (χ1v) is 5.69. The third-order valence-electron chi connectivity index (χ3n) is 2.00. The second kappa shape index (κ2) is 5.30. The summed E-state index contributed by atoms with van der Waals surface area (Å²) in [5, 5.41) is 2.82. The molecule has 1 aromatic rings. The quantitative estimate of drug-likeness (QED) is 0.860. The van der Waals surface area contributed by atoms with Crippen LogP contribution in [0.25, 0.3) is 0 Å². The second-order valence-corrected chi connectivity index (χ2v) is 5.84. The minimum absolute atomic E-state index is 0.0525. The average Bonchev–Trinajstić information content (AvgIpc) is 2.25. The molecule has 0 spiro atoms. The standard InChI is InChI=1S/C11H15BrN2O2/c1-11(2,12)10(15)14-7-8-4-5-13-9(6-8)16-3/h4-6H,7H2,1-3H3,(H,14,15). The number of pyridine rings is 1. The van der Waals surface area contributed by atoms with Gasteiger partial charge in [-0.05, 0) is 25.5 Å². The zero-order valence-corrected chi connectivity index (χ0v) is 11.2. The predicted molar refractivity (Wildman–Crippen MR) is 65.6 cm³/mol. The maximum Gasteiger partial charge on any atom is 0.236 e. The van der Waals surface area contributed by atoms with Crippen molar-refractivity contribution in [3.63, 3.8) is 0 Å². The summed E-state index contributed by atoms with van der Waals surface area (Å²) in [5.74, 6) is 0.494. The lowest BCUT2D eigenvalue weighted by Gasteiger charge is -2.15. The molecule has 16 heavy (non-hydrogen) atoms. The summed E-state index contributed by atoms with van der Waals surface area (Å²) in [5.41, 5.74) is 0.956. The molecule has 1 N–H and O–H groups in total. The molecule has 1 rings (SSSR count). The van der Waals surface area contributed by atoms with Crippen molar-refractivity contribution in [2.24, 2.45) is 0 Å². The molecule has 1 heterocycles. The van der Waals surface area contributed by atoms with Crippen molar-refractivity contribution in [3.05, 3.63) is 23.9 Å². The lowest BCUT2D eigenvalue weighted by Crippen LogP contribution is -2.37. The van der Waals surface area contributed by atoms with Crippen LogP contribution in [0.1, 0.15) is 19.4 Å². The van der Waals surface area contributed by atoms with Gasteiger partial charge in [0.2, 0.25) is 11.8 Å². The molecule has 0 radical (unpaired) electrons. The van der Waals surface area contributed by atoms with E-state index >= 15 is 0 Å². The number of carbonyl (C=O) groups is 1. The molecule has 0 atom stereocenters. The van der Waals surface area contributed by atoms with Crippen LogP contribution in [0.2, 0.25) is 0 Å². The maximum absolute atomic E-state index is 11.6. The molecule has 0 aliphatic rings. The van der Waals surface area contributed by atoms with Crippen LogP contribution in [0.5, 0.6) is 5.88 Å². The van der Waals surface area contributed by atoms with Crippen molar-refractivity contribution in [1.82, 2.24) is 10.3 Å². The number of nitrogens with one attached hydrogen (secondary N) is 1. The molecule has 0 bridgehead atoms. The number of rotatable bonds is 4. The highest BCUT2D eigenvalue weighted by Gasteiger charge is 2.22. The largest absolute Gasteiger partial charge is 0.481 e. The van der Waals surface area contributed by atoms with E-state index in [2.05, 4.69) is 26.2 Å². The Bertz CT molecular complexity index is 374. The number of hydrogen-bond donors (Lipinski definition) is 1. The molecular weight excluding hydrogens is 272 g/mol. The number of halogens is 1. The van der Waals surface area contributed by atoms with E-state index in [0.717, 1.165) is 5.56 Å². The number of ether oxygens (including phenoxy) is 1. The first kappa shape index (κ1) is 13.0. The Morgan fingerprint density at radius 3 is 2.88 bits per heavy atom. The number of amides is 1. The van der Waals surface area contributed by atoms with Gasteiger partial charge in [-0.15, -0.1) is 0 Å². The molecule has 0 fully saturated rings. The van der Waals surface area contributed by atoms with Gasteiger partial charge in [0, 0.05) is 18.8 Å². The van der Waals surface area contributed by atoms with Gasteiger partial charge in [-0.3, -0.25) is 4.79 Å². The summed E-state index contributed by atoms with van der Waals surface area (Å²) in [6, 6.07) is 3.63. The zero-order chi connectivity index (χ0) is 12.2. The molecular formula is C11H15BrN2O2. The van der Waals surface area contributed by atoms with E-state index in [9.17, 15) is 4.79 Å². The third-order valence-corrected chi connectivity index (χ3v) is 2.36. The number of nitrogens with zero attached hydrogens (tertiary/aromatic N) is 1. The third kappa shape index (κ3) is 3.81. The van der Waals surface area contributed by atoms with Crippen LogP contribution < -0.4 is 10.1 Å². The van der Waals surface area contributed by atoms with Gasteiger partial charge < -0.3 is 10.1 Å². The van der Waals surface area contributed by atoms with Crippen molar-refractivity contribution < 1.29 is 9.53 Å². The Kier molecular flexibility index (Phi) is 4.29. The van der Waals surface area contributed by atoms with E-state index in [4.69, 9.17) is 4.74 Å². The van der Waals surface area contributed by atoms with Crippen molar-refractivity contribution in [2.45, 2.75) is 24.7 Å². The van der Waals surface area contributed by atoms with Gasteiger partial charge in [0.05, 0.1) is 11.4 Å². The van der Waals surface area contributed by atoms with Crippen molar-refractivity contribution >= 4 is 21.8 Å². The average molecular weight is 287 g/mol.